The fraction of sp³-hybridized carbons (Fsp3) is 0.393. The molecule has 0 spiro atoms. The van der Waals surface area contributed by atoms with Gasteiger partial charge in [0.05, 0.1) is 29.6 Å². The Morgan fingerprint density at radius 2 is 1.89 bits per heavy atom. The second kappa shape index (κ2) is 9.53. The van der Waals surface area contributed by atoms with Crippen LogP contribution in [0.15, 0.2) is 36.4 Å². The molecule has 5 rings (SSSR count). The molecule has 0 unspecified atom stereocenters. The van der Waals surface area contributed by atoms with Crippen molar-refractivity contribution in [1.29, 1.82) is 0 Å². The zero-order valence-corrected chi connectivity index (χ0v) is 21.2. The number of carboxylic acid groups (broad SMARTS) is 1. The number of hydrogen-bond acceptors (Lipinski definition) is 4. The summed E-state index contributed by atoms with van der Waals surface area (Å²) in [5.41, 5.74) is 3.33. The van der Waals surface area contributed by atoms with E-state index in [-0.39, 0.29) is 36.4 Å². The van der Waals surface area contributed by atoms with E-state index in [0.717, 1.165) is 23.8 Å². The molecular weight excluding hydrogens is 477 g/mol. The molecule has 0 saturated heterocycles. The number of ether oxygens (including phenoxy) is 1. The van der Waals surface area contributed by atoms with Gasteiger partial charge in [0.1, 0.15) is 25.0 Å². The molecule has 2 atom stereocenters. The molecule has 1 saturated carbocycles. The van der Waals surface area contributed by atoms with Gasteiger partial charge in [-0.2, -0.15) is 0 Å². The molecule has 3 aromatic rings. The summed E-state index contributed by atoms with van der Waals surface area (Å²) in [5, 5.41) is 10.4. The Balaban J connectivity index is 1.83. The predicted molar refractivity (Wildman–Crippen MR) is 138 cm³/mol. The minimum Gasteiger partial charge on any atom is -0.497 e. The van der Waals surface area contributed by atoms with E-state index in [1.165, 1.54) is 23.0 Å². The smallest absolute Gasteiger partial charge is 0.335 e. The first kappa shape index (κ1) is 24.8. The van der Waals surface area contributed by atoms with Crippen LogP contribution in [-0.2, 0) is 16.1 Å². The standard InChI is InChI=1S/C28H30FN3O5/c1-30(2)24(33)14-31-23-13-17(37-3)9-11-20(23)27-26(18-6-4-5-7-21(18)29)19-10-8-16(28(35)36)12-22(19)32(27)15-25(31)34/h8-13,18,21H,4-7,14-15H2,1-3H3,(H,35,36)/t18-,21-/m0/s1. The van der Waals surface area contributed by atoms with Crippen LogP contribution in [0.25, 0.3) is 22.2 Å². The third kappa shape index (κ3) is 4.22. The molecule has 2 aromatic carbocycles. The van der Waals surface area contributed by atoms with Crippen molar-refractivity contribution in [2.24, 2.45) is 0 Å². The van der Waals surface area contributed by atoms with E-state index >= 15 is 4.39 Å². The number of fused-ring (bicyclic) bond motifs is 5. The highest BCUT2D eigenvalue weighted by molar-refractivity contribution is 6.07. The summed E-state index contributed by atoms with van der Waals surface area (Å²) in [6, 6.07) is 10.2. The number of rotatable bonds is 5. The maximum atomic E-state index is 15.5. The average molecular weight is 508 g/mol. The number of hydrogen-bond donors (Lipinski definition) is 1. The number of aromatic nitrogens is 1. The molecule has 2 aliphatic rings. The molecule has 1 aliphatic heterocycles. The van der Waals surface area contributed by atoms with E-state index in [2.05, 4.69) is 0 Å². The van der Waals surface area contributed by atoms with Gasteiger partial charge in [-0.05, 0) is 42.7 Å². The maximum absolute atomic E-state index is 15.5. The molecular formula is C28H30FN3O5. The van der Waals surface area contributed by atoms with Crippen LogP contribution in [-0.4, -0.2) is 66.3 Å². The number of carbonyl (C=O) groups is 3. The molecule has 0 radical (unpaired) electrons. The van der Waals surface area contributed by atoms with Gasteiger partial charge in [-0.3, -0.25) is 9.59 Å². The van der Waals surface area contributed by atoms with Crippen molar-refractivity contribution >= 4 is 34.4 Å². The van der Waals surface area contributed by atoms with Crippen LogP contribution in [0.2, 0.25) is 0 Å². The Morgan fingerprint density at radius 1 is 1.14 bits per heavy atom. The lowest BCUT2D eigenvalue weighted by Crippen LogP contribution is -2.41. The summed E-state index contributed by atoms with van der Waals surface area (Å²) in [7, 11) is 4.79. The minimum atomic E-state index is -1.08. The Bertz CT molecular complexity index is 1410. The first-order valence-electron chi connectivity index (χ1n) is 12.4. The van der Waals surface area contributed by atoms with Crippen LogP contribution in [0.4, 0.5) is 10.1 Å². The number of anilines is 1. The third-order valence-electron chi connectivity index (χ3n) is 7.54. The van der Waals surface area contributed by atoms with Crippen molar-refractivity contribution < 1.29 is 28.6 Å². The molecule has 1 aliphatic carbocycles. The summed E-state index contributed by atoms with van der Waals surface area (Å²) in [5.74, 6) is -1.52. The highest BCUT2D eigenvalue weighted by Gasteiger charge is 2.37. The van der Waals surface area contributed by atoms with Gasteiger partial charge < -0.3 is 24.2 Å². The number of nitrogens with zero attached hydrogens (tertiary/aromatic N) is 3. The number of methoxy groups -OCH3 is 1. The van der Waals surface area contributed by atoms with Gasteiger partial charge in [0.2, 0.25) is 11.8 Å². The first-order valence-corrected chi connectivity index (χ1v) is 12.4. The fourth-order valence-electron chi connectivity index (χ4n) is 5.62. The number of alkyl halides is 1. The van der Waals surface area contributed by atoms with Crippen molar-refractivity contribution in [3.05, 3.63) is 47.5 Å². The number of carbonyl (C=O) groups excluding carboxylic acids is 2. The SMILES string of the molecule is COc1ccc2c(c1)N(CC(=O)N(C)C)C(=O)Cn1c-2c([C@H]2CCCC[C@@H]2F)c2ccc(C(=O)O)cc21. The maximum Gasteiger partial charge on any atom is 0.335 e. The minimum absolute atomic E-state index is 0.0890. The zero-order valence-electron chi connectivity index (χ0n) is 21.2. The van der Waals surface area contributed by atoms with E-state index in [1.807, 2.05) is 6.07 Å². The van der Waals surface area contributed by atoms with Crippen molar-refractivity contribution in [3.8, 4) is 17.0 Å². The van der Waals surface area contributed by atoms with Crippen LogP contribution >= 0.6 is 0 Å². The monoisotopic (exact) mass is 507 g/mol. The van der Waals surface area contributed by atoms with E-state index in [0.29, 0.717) is 41.1 Å². The lowest BCUT2D eigenvalue weighted by Gasteiger charge is -2.28. The Kier molecular flexibility index (Phi) is 6.39. The number of aromatic carboxylic acids is 1. The van der Waals surface area contributed by atoms with Crippen LogP contribution < -0.4 is 9.64 Å². The van der Waals surface area contributed by atoms with Gasteiger partial charge in [0, 0.05) is 37.0 Å². The molecule has 2 amide bonds. The van der Waals surface area contributed by atoms with Gasteiger partial charge in [-0.1, -0.05) is 18.9 Å². The summed E-state index contributed by atoms with van der Waals surface area (Å²) >= 11 is 0. The lowest BCUT2D eigenvalue weighted by atomic mass is 9.80. The number of benzene rings is 2. The van der Waals surface area contributed by atoms with Crippen LogP contribution in [0.1, 0.15) is 47.5 Å². The first-order chi connectivity index (χ1) is 17.7. The van der Waals surface area contributed by atoms with Gasteiger partial charge in [0.25, 0.3) is 0 Å². The molecule has 0 bridgehead atoms. The van der Waals surface area contributed by atoms with Gasteiger partial charge in [-0.25, -0.2) is 9.18 Å². The Labute approximate surface area is 214 Å². The van der Waals surface area contributed by atoms with Crippen LogP contribution in [0.3, 0.4) is 0 Å². The largest absolute Gasteiger partial charge is 0.497 e. The quantitative estimate of drug-likeness (QED) is 0.551. The van der Waals surface area contributed by atoms with E-state index in [1.54, 1.807) is 42.9 Å². The highest BCUT2D eigenvalue weighted by Crippen LogP contribution is 2.48. The topological polar surface area (TPSA) is 92.1 Å². The molecule has 1 N–H and O–H groups in total. The molecule has 2 heterocycles. The molecule has 9 heteroatoms. The summed E-state index contributed by atoms with van der Waals surface area (Å²) in [4.78, 5) is 41.1. The summed E-state index contributed by atoms with van der Waals surface area (Å²) in [6.07, 6.45) is 1.79. The zero-order chi connectivity index (χ0) is 26.4. The van der Waals surface area contributed by atoms with E-state index < -0.39 is 12.1 Å². The predicted octanol–water partition coefficient (Wildman–Crippen LogP) is 4.45. The summed E-state index contributed by atoms with van der Waals surface area (Å²) < 4.78 is 22.7. The summed E-state index contributed by atoms with van der Waals surface area (Å²) in [6.45, 7) is -0.282. The number of carboxylic acids is 1. The number of amides is 2. The second-order valence-electron chi connectivity index (χ2n) is 9.94. The Morgan fingerprint density at radius 3 is 2.57 bits per heavy atom. The fourth-order valence-corrected chi connectivity index (χ4v) is 5.62. The number of likely N-dealkylation sites (N-methyl/N-ethyl adjacent to an activating group) is 1. The Hall–Kier alpha value is -3.88. The lowest BCUT2D eigenvalue weighted by molar-refractivity contribution is -0.129. The second-order valence-corrected chi connectivity index (χ2v) is 9.94. The normalized spacial score (nSPS) is 19.2. The molecule has 1 fully saturated rings. The van der Waals surface area contributed by atoms with Gasteiger partial charge in [-0.15, -0.1) is 0 Å². The molecule has 37 heavy (non-hydrogen) atoms. The van der Waals surface area contributed by atoms with Crippen LogP contribution in [0, 0.1) is 0 Å². The molecule has 1 aromatic heterocycles. The number of halogens is 1. The van der Waals surface area contributed by atoms with Gasteiger partial charge >= 0.3 is 5.97 Å². The molecule has 194 valence electrons. The molecule has 8 nitrogen and oxygen atoms in total. The third-order valence-corrected chi connectivity index (χ3v) is 7.54. The van der Waals surface area contributed by atoms with Crippen molar-refractivity contribution in [3.63, 3.8) is 0 Å². The van der Waals surface area contributed by atoms with E-state index in [4.69, 9.17) is 4.74 Å². The van der Waals surface area contributed by atoms with Crippen molar-refractivity contribution in [2.75, 3.05) is 32.6 Å². The average Bonchev–Trinajstić information content (AvgIpc) is 3.13. The van der Waals surface area contributed by atoms with Crippen LogP contribution in [0.5, 0.6) is 5.75 Å². The highest BCUT2D eigenvalue weighted by atomic mass is 19.1. The van der Waals surface area contributed by atoms with E-state index in [9.17, 15) is 19.5 Å². The van der Waals surface area contributed by atoms with Crippen molar-refractivity contribution in [1.82, 2.24) is 9.47 Å². The van der Waals surface area contributed by atoms with Gasteiger partial charge in [0.15, 0.2) is 0 Å². The van der Waals surface area contributed by atoms with Crippen molar-refractivity contribution in [2.45, 2.75) is 44.3 Å².